The first-order chi connectivity index (χ1) is 14.1. The third-order valence-electron chi connectivity index (χ3n) is 5.27. The van der Waals surface area contributed by atoms with E-state index in [1.165, 1.54) is 0 Å². The highest BCUT2D eigenvalue weighted by atomic mass is 16.4. The van der Waals surface area contributed by atoms with Gasteiger partial charge in [0.1, 0.15) is 6.04 Å². The van der Waals surface area contributed by atoms with Crippen molar-refractivity contribution in [2.24, 2.45) is 0 Å². The molecule has 0 aromatic heterocycles. The predicted octanol–water partition coefficient (Wildman–Crippen LogP) is 3.48. The van der Waals surface area contributed by atoms with Crippen LogP contribution in [0.3, 0.4) is 0 Å². The highest BCUT2D eigenvalue weighted by molar-refractivity contribution is 5.97. The van der Waals surface area contributed by atoms with Gasteiger partial charge in [-0.1, -0.05) is 66.7 Å². The van der Waals surface area contributed by atoms with Gasteiger partial charge in [0, 0.05) is 6.42 Å². The van der Waals surface area contributed by atoms with Crippen LogP contribution in [0.5, 0.6) is 0 Å². The average Bonchev–Trinajstić information content (AvgIpc) is 3.08. The lowest BCUT2D eigenvalue weighted by Crippen LogP contribution is -2.44. The standard InChI is InChI=1S/C24H18N2O3/c25-14-16-8-2-1-7-15(16)13-21(24(28)29)26-23(27)22-19-11-5-3-9-17(19)18-10-4-6-12-20(18)22/h1-12,21-22H,13H2,(H,26,27)(H,28,29)/t21-/m0/s1. The van der Waals surface area contributed by atoms with E-state index >= 15 is 0 Å². The van der Waals surface area contributed by atoms with Crippen molar-refractivity contribution >= 4 is 11.9 Å². The number of aliphatic carboxylic acids is 1. The third kappa shape index (κ3) is 3.37. The average molecular weight is 382 g/mol. The minimum absolute atomic E-state index is 0.0425. The Morgan fingerprint density at radius 2 is 1.48 bits per heavy atom. The van der Waals surface area contributed by atoms with Crippen LogP contribution in [0.4, 0.5) is 0 Å². The molecule has 1 aliphatic rings. The number of fused-ring (bicyclic) bond motifs is 3. The smallest absolute Gasteiger partial charge is 0.326 e. The first-order valence-corrected chi connectivity index (χ1v) is 9.29. The zero-order valence-corrected chi connectivity index (χ0v) is 15.5. The third-order valence-corrected chi connectivity index (χ3v) is 5.27. The molecule has 5 heteroatoms. The lowest BCUT2D eigenvalue weighted by molar-refractivity contribution is -0.141. The Hall–Kier alpha value is -3.91. The van der Waals surface area contributed by atoms with Crippen molar-refractivity contribution in [3.63, 3.8) is 0 Å². The van der Waals surface area contributed by atoms with Crippen LogP contribution >= 0.6 is 0 Å². The normalized spacial score (nSPS) is 13.1. The van der Waals surface area contributed by atoms with Crippen molar-refractivity contribution < 1.29 is 14.7 Å². The van der Waals surface area contributed by atoms with Gasteiger partial charge in [-0.15, -0.1) is 0 Å². The molecule has 0 bridgehead atoms. The van der Waals surface area contributed by atoms with Gasteiger partial charge in [-0.25, -0.2) is 4.79 Å². The summed E-state index contributed by atoms with van der Waals surface area (Å²) in [5.41, 5.74) is 4.72. The summed E-state index contributed by atoms with van der Waals surface area (Å²) < 4.78 is 0. The van der Waals surface area contributed by atoms with Gasteiger partial charge in [0.2, 0.25) is 5.91 Å². The molecule has 0 saturated carbocycles. The Balaban J connectivity index is 1.64. The van der Waals surface area contributed by atoms with Crippen molar-refractivity contribution in [3.05, 3.63) is 95.1 Å². The quantitative estimate of drug-likeness (QED) is 0.707. The number of carbonyl (C=O) groups excluding carboxylic acids is 1. The van der Waals surface area contributed by atoms with Crippen LogP contribution in [0.1, 0.15) is 28.2 Å². The number of benzene rings is 3. The van der Waals surface area contributed by atoms with Gasteiger partial charge in [0.05, 0.1) is 17.6 Å². The van der Waals surface area contributed by atoms with E-state index in [2.05, 4.69) is 11.4 Å². The molecule has 3 aromatic rings. The van der Waals surface area contributed by atoms with Crippen molar-refractivity contribution in [3.8, 4) is 17.2 Å². The molecule has 4 rings (SSSR count). The van der Waals surface area contributed by atoms with Crippen molar-refractivity contribution in [2.45, 2.75) is 18.4 Å². The molecule has 0 spiro atoms. The maximum Gasteiger partial charge on any atom is 0.326 e. The van der Waals surface area contributed by atoms with E-state index in [-0.39, 0.29) is 12.3 Å². The molecule has 0 aliphatic heterocycles. The lowest BCUT2D eigenvalue weighted by atomic mass is 9.95. The van der Waals surface area contributed by atoms with E-state index in [0.29, 0.717) is 11.1 Å². The fourth-order valence-electron chi connectivity index (χ4n) is 3.92. The molecule has 0 unspecified atom stereocenters. The minimum Gasteiger partial charge on any atom is -0.480 e. The Morgan fingerprint density at radius 1 is 0.931 bits per heavy atom. The number of carboxylic acid groups (broad SMARTS) is 1. The van der Waals surface area contributed by atoms with Gasteiger partial charge in [0.25, 0.3) is 0 Å². The van der Waals surface area contributed by atoms with Crippen LogP contribution in [0.2, 0.25) is 0 Å². The number of nitrogens with zero attached hydrogens (tertiary/aromatic N) is 1. The van der Waals surface area contributed by atoms with Crippen molar-refractivity contribution in [2.75, 3.05) is 0 Å². The van der Waals surface area contributed by atoms with Gasteiger partial charge in [-0.05, 0) is 33.9 Å². The number of nitriles is 1. The van der Waals surface area contributed by atoms with Crippen LogP contribution in [0.15, 0.2) is 72.8 Å². The van der Waals surface area contributed by atoms with Crippen LogP contribution in [0, 0.1) is 11.3 Å². The summed E-state index contributed by atoms with van der Waals surface area (Å²) in [6.07, 6.45) is 0.0425. The lowest BCUT2D eigenvalue weighted by Gasteiger charge is -2.19. The number of carbonyl (C=O) groups is 2. The minimum atomic E-state index is -1.13. The molecule has 1 amide bonds. The van der Waals surface area contributed by atoms with Gasteiger partial charge < -0.3 is 10.4 Å². The van der Waals surface area contributed by atoms with E-state index in [1.807, 2.05) is 48.5 Å². The molecule has 0 saturated heterocycles. The maximum absolute atomic E-state index is 13.2. The number of amides is 1. The molecule has 5 nitrogen and oxygen atoms in total. The highest BCUT2D eigenvalue weighted by Gasteiger charge is 2.35. The molecule has 1 atom stereocenters. The molecule has 0 fully saturated rings. The summed E-state index contributed by atoms with van der Waals surface area (Å²) >= 11 is 0. The Morgan fingerprint density at radius 3 is 2.07 bits per heavy atom. The fraction of sp³-hybridized carbons (Fsp3) is 0.125. The molecular weight excluding hydrogens is 364 g/mol. The largest absolute Gasteiger partial charge is 0.480 e. The SMILES string of the molecule is N#Cc1ccccc1C[C@H](NC(=O)C1c2ccccc2-c2ccccc21)C(=O)O. The van der Waals surface area contributed by atoms with E-state index in [0.717, 1.165) is 22.3 Å². The molecule has 0 heterocycles. The Labute approximate surface area is 168 Å². The van der Waals surface area contributed by atoms with Crippen molar-refractivity contribution in [1.29, 1.82) is 5.26 Å². The zero-order chi connectivity index (χ0) is 20.4. The molecule has 3 aromatic carbocycles. The van der Waals surface area contributed by atoms with Gasteiger partial charge in [-0.2, -0.15) is 5.26 Å². The van der Waals surface area contributed by atoms with Gasteiger partial charge in [-0.3, -0.25) is 4.79 Å². The molecular formula is C24H18N2O3. The topological polar surface area (TPSA) is 90.2 Å². The van der Waals surface area contributed by atoms with E-state index in [4.69, 9.17) is 0 Å². The maximum atomic E-state index is 13.2. The molecule has 1 aliphatic carbocycles. The van der Waals surface area contributed by atoms with Gasteiger partial charge >= 0.3 is 5.97 Å². The summed E-state index contributed by atoms with van der Waals surface area (Å²) in [7, 11) is 0. The van der Waals surface area contributed by atoms with Crippen LogP contribution in [0.25, 0.3) is 11.1 Å². The van der Waals surface area contributed by atoms with Crippen LogP contribution in [-0.4, -0.2) is 23.0 Å². The second-order valence-electron chi connectivity index (χ2n) is 6.98. The number of carboxylic acids is 1. The summed E-state index contributed by atoms with van der Waals surface area (Å²) in [6.45, 7) is 0. The number of rotatable bonds is 5. The summed E-state index contributed by atoms with van der Waals surface area (Å²) in [4.78, 5) is 25.0. The first kappa shape index (κ1) is 18.5. The van der Waals surface area contributed by atoms with Crippen LogP contribution in [-0.2, 0) is 16.0 Å². The van der Waals surface area contributed by atoms with E-state index in [1.54, 1.807) is 24.3 Å². The predicted molar refractivity (Wildman–Crippen MR) is 108 cm³/mol. The Bertz CT molecular complexity index is 1100. The number of hydrogen-bond acceptors (Lipinski definition) is 3. The summed E-state index contributed by atoms with van der Waals surface area (Å²) in [5.74, 6) is -2.05. The summed E-state index contributed by atoms with van der Waals surface area (Å²) in [6, 6.07) is 23.1. The number of nitrogens with one attached hydrogen (secondary N) is 1. The molecule has 2 N–H and O–H groups in total. The molecule has 0 radical (unpaired) electrons. The second-order valence-corrected chi connectivity index (χ2v) is 6.98. The number of hydrogen-bond donors (Lipinski definition) is 2. The second kappa shape index (κ2) is 7.61. The molecule has 142 valence electrons. The first-order valence-electron chi connectivity index (χ1n) is 9.29. The van der Waals surface area contributed by atoms with Crippen molar-refractivity contribution in [1.82, 2.24) is 5.32 Å². The van der Waals surface area contributed by atoms with E-state index in [9.17, 15) is 20.0 Å². The zero-order valence-electron chi connectivity index (χ0n) is 15.5. The van der Waals surface area contributed by atoms with Crippen LogP contribution < -0.4 is 5.32 Å². The van der Waals surface area contributed by atoms with Gasteiger partial charge in [0.15, 0.2) is 0 Å². The Kier molecular flexibility index (Phi) is 4.84. The van der Waals surface area contributed by atoms with E-state index < -0.39 is 17.9 Å². The molecule has 29 heavy (non-hydrogen) atoms. The summed E-state index contributed by atoms with van der Waals surface area (Å²) in [5, 5.41) is 21.6. The monoisotopic (exact) mass is 382 g/mol. The highest BCUT2D eigenvalue weighted by Crippen LogP contribution is 2.44. The fourth-order valence-corrected chi connectivity index (χ4v) is 3.92.